The van der Waals surface area contributed by atoms with E-state index in [4.69, 9.17) is 21.1 Å². The van der Waals surface area contributed by atoms with Gasteiger partial charge in [0.05, 0.1) is 0 Å². The van der Waals surface area contributed by atoms with Gasteiger partial charge in [-0.15, -0.1) is 6.42 Å². The number of nitrogen functional groups attached to an aromatic ring is 1. The Kier molecular flexibility index (Phi) is 4.44. The highest BCUT2D eigenvalue weighted by molar-refractivity contribution is 7.84. The Morgan fingerprint density at radius 3 is 2.79 bits per heavy atom. The number of amides is 2. The molecule has 13 heteroatoms. The summed E-state index contributed by atoms with van der Waals surface area (Å²) in [6.07, 6.45) is 6.16. The zero-order valence-electron chi connectivity index (χ0n) is 12.0. The van der Waals surface area contributed by atoms with E-state index in [9.17, 15) is 18.0 Å². The van der Waals surface area contributed by atoms with Gasteiger partial charge in [0.25, 0.3) is 17.8 Å². The van der Waals surface area contributed by atoms with Crippen LogP contribution in [-0.2, 0) is 24.7 Å². The fourth-order valence-corrected chi connectivity index (χ4v) is 2.74. The molecule has 0 bridgehead atoms. The van der Waals surface area contributed by atoms with E-state index in [0.29, 0.717) is 0 Å². The molecule has 12 nitrogen and oxygen atoms in total. The highest BCUT2D eigenvalue weighted by Gasteiger charge is 2.53. The lowest BCUT2D eigenvalue weighted by atomic mass is 9.99. The number of hydrogen-bond acceptors (Lipinski definition) is 9. The Morgan fingerprint density at radius 1 is 1.67 bits per heavy atom. The molecule has 1 aliphatic rings. The van der Waals surface area contributed by atoms with Crippen LogP contribution in [0.15, 0.2) is 15.8 Å². The number of β-lactam (4-membered cyclic amide) rings is 1. The summed E-state index contributed by atoms with van der Waals surface area (Å²) >= 11 is 0. The van der Waals surface area contributed by atoms with E-state index in [0.717, 1.165) is 13.4 Å². The van der Waals surface area contributed by atoms with Crippen LogP contribution in [-0.4, -0.2) is 59.0 Å². The number of terminal acetylenes is 1. The summed E-state index contributed by atoms with van der Waals surface area (Å²) in [6, 6.07) is -3.00. The Labute approximate surface area is 135 Å². The van der Waals surface area contributed by atoms with Crippen LogP contribution >= 0.6 is 0 Å². The first-order valence-electron chi connectivity index (χ1n) is 6.11. The highest BCUT2D eigenvalue weighted by Crippen LogP contribution is 2.23. The largest absolute Gasteiger partial charge is 0.432 e. The average molecular weight is 357 g/mol. The molecule has 2 heterocycles. The normalized spacial score (nSPS) is 21.0. The van der Waals surface area contributed by atoms with Gasteiger partial charge in [-0.3, -0.25) is 14.1 Å². The SMILES string of the molecule is C#CC1C(NC(=O)C(=NOC)c2coc(N)n2)C(=O)N1S(=O)(=O)O. The van der Waals surface area contributed by atoms with E-state index in [-0.39, 0.29) is 21.7 Å². The maximum absolute atomic E-state index is 12.2. The number of nitrogens with zero attached hydrogens (tertiary/aromatic N) is 3. The van der Waals surface area contributed by atoms with Crippen molar-refractivity contribution in [2.45, 2.75) is 12.1 Å². The maximum Gasteiger partial charge on any atom is 0.363 e. The molecule has 1 fully saturated rings. The minimum atomic E-state index is -4.83. The lowest BCUT2D eigenvalue weighted by Crippen LogP contribution is -2.71. The number of rotatable bonds is 5. The summed E-state index contributed by atoms with van der Waals surface area (Å²) < 4.78 is 35.9. The van der Waals surface area contributed by atoms with E-state index >= 15 is 0 Å². The second-order valence-corrected chi connectivity index (χ2v) is 5.66. The number of hydrogen-bond donors (Lipinski definition) is 3. The van der Waals surface area contributed by atoms with Gasteiger partial charge in [0.1, 0.15) is 31.2 Å². The van der Waals surface area contributed by atoms with E-state index in [2.05, 4.69) is 20.3 Å². The molecule has 0 spiro atoms. The Morgan fingerprint density at radius 2 is 2.33 bits per heavy atom. The molecule has 2 amide bonds. The number of nitrogens with two attached hydrogens (primary N) is 1. The molecule has 2 unspecified atom stereocenters. The number of anilines is 1. The van der Waals surface area contributed by atoms with E-state index in [1.165, 1.54) is 0 Å². The first-order chi connectivity index (χ1) is 11.2. The van der Waals surface area contributed by atoms with Crippen molar-refractivity contribution >= 4 is 33.8 Å². The predicted octanol–water partition coefficient (Wildman–Crippen LogP) is -2.26. The van der Waals surface area contributed by atoms with Crippen molar-refractivity contribution in [1.82, 2.24) is 14.6 Å². The van der Waals surface area contributed by atoms with E-state index in [1.54, 1.807) is 0 Å². The molecule has 0 aliphatic carbocycles. The first-order valence-corrected chi connectivity index (χ1v) is 7.50. The monoisotopic (exact) mass is 357 g/mol. The molecule has 1 aliphatic heterocycles. The summed E-state index contributed by atoms with van der Waals surface area (Å²) in [5, 5.41) is 5.63. The van der Waals surface area contributed by atoms with Crippen LogP contribution in [0.2, 0.25) is 0 Å². The van der Waals surface area contributed by atoms with Crippen LogP contribution < -0.4 is 11.1 Å². The van der Waals surface area contributed by atoms with Gasteiger partial charge < -0.3 is 20.3 Å². The average Bonchev–Trinajstić information content (AvgIpc) is 2.91. The Balaban J connectivity index is 2.21. The van der Waals surface area contributed by atoms with Crippen molar-refractivity contribution in [1.29, 1.82) is 0 Å². The third-order valence-electron chi connectivity index (χ3n) is 2.92. The Hall–Kier alpha value is -3.11. The predicted molar refractivity (Wildman–Crippen MR) is 77.4 cm³/mol. The first kappa shape index (κ1) is 17.2. The standard InChI is InChI=1S/C11H11N5O7S/c1-3-6-8(10(18)16(6)24(19,20)21)14-9(17)7(15-22-2)5-4-23-11(12)13-5/h1,4,6,8H,2H3,(H2,12,13)(H,14,17)(H,19,20,21). The second-order valence-electron chi connectivity index (χ2n) is 4.37. The van der Waals surface area contributed by atoms with Gasteiger partial charge in [-0.2, -0.15) is 17.7 Å². The summed E-state index contributed by atoms with van der Waals surface area (Å²) in [7, 11) is -3.67. The number of oxime groups is 1. The van der Waals surface area contributed by atoms with Crippen LogP contribution in [0.25, 0.3) is 0 Å². The molecule has 2 atom stereocenters. The molecule has 2 rings (SSSR count). The third-order valence-corrected chi connectivity index (χ3v) is 3.82. The van der Waals surface area contributed by atoms with Gasteiger partial charge in [-0.1, -0.05) is 11.1 Å². The topological polar surface area (TPSA) is 177 Å². The highest BCUT2D eigenvalue weighted by atomic mass is 32.2. The molecule has 24 heavy (non-hydrogen) atoms. The van der Waals surface area contributed by atoms with Crippen molar-refractivity contribution in [3.05, 3.63) is 12.0 Å². The van der Waals surface area contributed by atoms with Gasteiger partial charge in [-0.25, -0.2) is 0 Å². The van der Waals surface area contributed by atoms with Crippen LogP contribution in [0.4, 0.5) is 6.01 Å². The minimum absolute atomic E-state index is 0.0686. The molecule has 1 aromatic heterocycles. The van der Waals surface area contributed by atoms with Crippen LogP contribution in [0.5, 0.6) is 0 Å². The van der Waals surface area contributed by atoms with Crippen LogP contribution in [0, 0.1) is 12.3 Å². The van der Waals surface area contributed by atoms with Gasteiger partial charge in [0, 0.05) is 0 Å². The molecule has 128 valence electrons. The zero-order chi connectivity index (χ0) is 18.1. The van der Waals surface area contributed by atoms with E-state index in [1.807, 2.05) is 5.92 Å². The molecule has 1 aromatic rings. The molecular weight excluding hydrogens is 346 g/mol. The lowest BCUT2D eigenvalue weighted by Gasteiger charge is -2.41. The van der Waals surface area contributed by atoms with Crippen molar-refractivity contribution < 1.29 is 31.8 Å². The third kappa shape index (κ3) is 3.00. The van der Waals surface area contributed by atoms with Crippen LogP contribution in [0.3, 0.4) is 0 Å². The second kappa shape index (κ2) is 6.18. The number of nitrogens with one attached hydrogen (secondary N) is 1. The van der Waals surface area contributed by atoms with Gasteiger partial charge in [-0.05, 0) is 0 Å². The number of aromatic nitrogens is 1. The molecule has 4 N–H and O–H groups in total. The maximum atomic E-state index is 12.2. The molecular formula is C11H11N5O7S. The van der Waals surface area contributed by atoms with Gasteiger partial charge >= 0.3 is 10.3 Å². The van der Waals surface area contributed by atoms with E-state index < -0.39 is 34.2 Å². The smallest absolute Gasteiger partial charge is 0.363 e. The lowest BCUT2D eigenvalue weighted by molar-refractivity contribution is -0.142. The zero-order valence-corrected chi connectivity index (χ0v) is 12.8. The fraction of sp³-hybridized carbons (Fsp3) is 0.273. The molecule has 1 saturated heterocycles. The number of carbonyl (C=O) groups is 2. The number of oxazole rings is 1. The quantitative estimate of drug-likeness (QED) is 0.172. The summed E-state index contributed by atoms with van der Waals surface area (Å²) in [5.74, 6) is -0.0672. The van der Waals surface area contributed by atoms with Crippen molar-refractivity contribution in [2.24, 2.45) is 5.16 Å². The van der Waals surface area contributed by atoms with Crippen molar-refractivity contribution in [3.8, 4) is 12.3 Å². The fourth-order valence-electron chi connectivity index (χ4n) is 1.93. The minimum Gasteiger partial charge on any atom is -0.432 e. The molecule has 0 aromatic carbocycles. The summed E-state index contributed by atoms with van der Waals surface area (Å²) in [5.41, 5.74) is 4.83. The summed E-state index contributed by atoms with van der Waals surface area (Å²) in [6.45, 7) is 0. The van der Waals surface area contributed by atoms with Crippen molar-refractivity contribution in [3.63, 3.8) is 0 Å². The van der Waals surface area contributed by atoms with Gasteiger partial charge in [0.2, 0.25) is 0 Å². The van der Waals surface area contributed by atoms with Gasteiger partial charge in [0.15, 0.2) is 5.71 Å². The molecule has 0 radical (unpaired) electrons. The van der Waals surface area contributed by atoms with Crippen molar-refractivity contribution in [2.75, 3.05) is 12.8 Å². The Bertz CT molecular complexity index is 852. The summed E-state index contributed by atoms with van der Waals surface area (Å²) in [4.78, 5) is 32.2. The molecule has 0 saturated carbocycles. The van der Waals surface area contributed by atoms with Crippen LogP contribution in [0.1, 0.15) is 5.69 Å². The number of carbonyl (C=O) groups excluding carboxylic acids is 2.